The van der Waals surface area contributed by atoms with Gasteiger partial charge in [-0.25, -0.2) is 10.4 Å². The van der Waals surface area contributed by atoms with Crippen molar-refractivity contribution in [3.8, 4) is 0 Å². The Hall–Kier alpha value is -3.77. The van der Waals surface area contributed by atoms with Crippen molar-refractivity contribution in [3.63, 3.8) is 0 Å². The molecular weight excluding hydrogens is 485 g/mol. The van der Waals surface area contributed by atoms with Gasteiger partial charge >= 0.3 is 6.18 Å². The molecule has 1 unspecified atom stereocenters. The molecule has 2 aromatic heterocycles. The van der Waals surface area contributed by atoms with Gasteiger partial charge in [-0.1, -0.05) is 6.07 Å². The zero-order valence-electron chi connectivity index (χ0n) is 20.6. The summed E-state index contributed by atoms with van der Waals surface area (Å²) in [5.41, 5.74) is 4.30. The molecule has 1 aliphatic heterocycles. The minimum absolute atomic E-state index is 0.251. The van der Waals surface area contributed by atoms with Crippen LogP contribution in [0.4, 0.5) is 36.3 Å². The summed E-state index contributed by atoms with van der Waals surface area (Å²) in [7, 11) is 0. The highest BCUT2D eigenvalue weighted by molar-refractivity contribution is 5.78. The first-order chi connectivity index (χ1) is 17.7. The lowest BCUT2D eigenvalue weighted by Crippen LogP contribution is -2.43. The van der Waals surface area contributed by atoms with Crippen molar-refractivity contribution in [3.05, 3.63) is 65.6 Å². The number of aromatic nitrogens is 3. The lowest BCUT2D eigenvalue weighted by atomic mass is 10.2. The van der Waals surface area contributed by atoms with Gasteiger partial charge in [0, 0.05) is 43.6 Å². The molecule has 37 heavy (non-hydrogen) atoms. The molecule has 3 N–H and O–H groups in total. The smallest absolute Gasteiger partial charge is 0.376 e. The number of anilines is 4. The number of hydrogen-bond donors (Lipinski definition) is 3. The van der Waals surface area contributed by atoms with Crippen molar-refractivity contribution in [2.75, 3.05) is 48.8 Å². The zero-order chi connectivity index (χ0) is 26.3. The summed E-state index contributed by atoms with van der Waals surface area (Å²) >= 11 is 0. The van der Waals surface area contributed by atoms with Gasteiger partial charge in [-0.05, 0) is 44.2 Å². The number of alkyl halides is 3. The van der Waals surface area contributed by atoms with E-state index in [1.807, 2.05) is 13.0 Å². The molecule has 12 heteroatoms. The summed E-state index contributed by atoms with van der Waals surface area (Å²) < 4.78 is 44.3. The molecule has 3 aromatic rings. The molecule has 1 saturated heterocycles. The minimum atomic E-state index is -4.40. The molecule has 0 spiro atoms. The van der Waals surface area contributed by atoms with Crippen LogP contribution >= 0.6 is 0 Å². The van der Waals surface area contributed by atoms with E-state index in [0.717, 1.165) is 50.6 Å². The first-order valence-electron chi connectivity index (χ1n) is 11.9. The molecule has 196 valence electrons. The molecule has 0 aliphatic carbocycles. The Morgan fingerprint density at radius 2 is 2.03 bits per heavy atom. The third kappa shape index (κ3) is 8.12. The van der Waals surface area contributed by atoms with Gasteiger partial charge < -0.3 is 15.4 Å². The highest BCUT2D eigenvalue weighted by Gasteiger charge is 2.30. The van der Waals surface area contributed by atoms with Gasteiger partial charge in [-0.2, -0.15) is 23.3 Å². The second kappa shape index (κ2) is 12.0. The first-order valence-corrected chi connectivity index (χ1v) is 11.9. The molecule has 4 rings (SSSR count). The van der Waals surface area contributed by atoms with Crippen LogP contribution in [-0.4, -0.2) is 65.0 Å². The Kier molecular flexibility index (Phi) is 8.51. The standard InChI is InChI=1S/C25H29F3N8O/c1-17-12-23(29-8-9-36-10-11-37-18(2)16-36)34-24(32-17)35-31-15-21-6-7-22(14-30-21)33-20-5-3-4-19(13-20)25(26,27)28/h3-7,12-15,18,33H,8-11,16H2,1-2H3,(H2,29,32,34,35)/b31-15+. The van der Waals surface area contributed by atoms with Crippen LogP contribution in [0.3, 0.4) is 0 Å². The van der Waals surface area contributed by atoms with E-state index < -0.39 is 11.7 Å². The Balaban J connectivity index is 1.29. The number of morpholine rings is 1. The molecule has 0 saturated carbocycles. The van der Waals surface area contributed by atoms with Crippen molar-refractivity contribution >= 4 is 29.4 Å². The van der Waals surface area contributed by atoms with Gasteiger partial charge in [0.1, 0.15) is 5.82 Å². The molecule has 1 atom stereocenters. The fourth-order valence-corrected chi connectivity index (χ4v) is 3.80. The Bertz CT molecular complexity index is 1200. The third-order valence-electron chi connectivity index (χ3n) is 5.54. The van der Waals surface area contributed by atoms with E-state index in [1.54, 1.807) is 18.2 Å². The van der Waals surface area contributed by atoms with E-state index in [-0.39, 0.29) is 6.10 Å². The maximum Gasteiger partial charge on any atom is 0.416 e. The van der Waals surface area contributed by atoms with Gasteiger partial charge in [0.05, 0.1) is 42.1 Å². The lowest BCUT2D eigenvalue weighted by Gasteiger charge is -2.31. The summed E-state index contributed by atoms with van der Waals surface area (Å²) in [6.45, 7) is 8.19. The van der Waals surface area contributed by atoms with Crippen LogP contribution in [0.15, 0.2) is 53.8 Å². The Labute approximate surface area is 213 Å². The number of aryl methyl sites for hydroxylation is 1. The number of ether oxygens (including phenoxy) is 1. The van der Waals surface area contributed by atoms with E-state index in [1.165, 1.54) is 18.5 Å². The number of halogens is 3. The van der Waals surface area contributed by atoms with Gasteiger partial charge in [0.15, 0.2) is 0 Å². The van der Waals surface area contributed by atoms with E-state index in [4.69, 9.17) is 4.74 Å². The normalized spacial score (nSPS) is 16.6. The quantitative estimate of drug-likeness (QED) is 0.283. The molecule has 1 aliphatic rings. The molecule has 0 bridgehead atoms. The monoisotopic (exact) mass is 514 g/mol. The second-order valence-corrected chi connectivity index (χ2v) is 8.67. The summed E-state index contributed by atoms with van der Waals surface area (Å²) in [6.07, 6.45) is -1.13. The number of hydrazone groups is 1. The van der Waals surface area contributed by atoms with E-state index in [9.17, 15) is 13.2 Å². The van der Waals surface area contributed by atoms with Crippen molar-refractivity contribution in [2.24, 2.45) is 5.10 Å². The topological polar surface area (TPSA) is 99.6 Å². The van der Waals surface area contributed by atoms with Crippen molar-refractivity contribution in [1.29, 1.82) is 0 Å². The molecule has 1 fully saturated rings. The van der Waals surface area contributed by atoms with Crippen LogP contribution in [0.1, 0.15) is 23.9 Å². The van der Waals surface area contributed by atoms with Crippen LogP contribution < -0.4 is 16.1 Å². The SMILES string of the molecule is Cc1cc(NCCN2CCOC(C)C2)nc(N/N=C/c2ccc(Nc3cccc(C(F)(F)F)c3)cn2)n1. The molecule has 1 aromatic carbocycles. The first kappa shape index (κ1) is 26.3. The number of rotatable bonds is 9. The zero-order valence-corrected chi connectivity index (χ0v) is 20.6. The number of nitrogens with zero attached hydrogens (tertiary/aromatic N) is 5. The predicted octanol–water partition coefficient (Wildman–Crippen LogP) is 4.52. The lowest BCUT2D eigenvalue weighted by molar-refractivity contribution is -0.137. The van der Waals surface area contributed by atoms with Crippen LogP contribution in [0.5, 0.6) is 0 Å². The maximum absolute atomic E-state index is 12.9. The van der Waals surface area contributed by atoms with E-state index >= 15 is 0 Å². The fraction of sp³-hybridized carbons (Fsp3) is 0.360. The highest BCUT2D eigenvalue weighted by Crippen LogP contribution is 2.31. The summed E-state index contributed by atoms with van der Waals surface area (Å²) in [6, 6.07) is 10.3. The van der Waals surface area contributed by atoms with Crippen molar-refractivity contribution in [2.45, 2.75) is 26.1 Å². The fourth-order valence-electron chi connectivity index (χ4n) is 3.80. The Morgan fingerprint density at radius 3 is 2.78 bits per heavy atom. The summed E-state index contributed by atoms with van der Waals surface area (Å²) in [5, 5.41) is 10.4. The highest BCUT2D eigenvalue weighted by atomic mass is 19.4. The van der Waals surface area contributed by atoms with Crippen molar-refractivity contribution in [1.82, 2.24) is 19.9 Å². The van der Waals surface area contributed by atoms with Crippen LogP contribution in [0.2, 0.25) is 0 Å². The number of hydrogen-bond acceptors (Lipinski definition) is 9. The van der Waals surface area contributed by atoms with Gasteiger partial charge in [-0.3, -0.25) is 9.88 Å². The van der Waals surface area contributed by atoms with Crippen LogP contribution in [-0.2, 0) is 10.9 Å². The molecule has 3 heterocycles. The maximum atomic E-state index is 12.9. The van der Waals surface area contributed by atoms with Gasteiger partial charge in [-0.15, -0.1) is 0 Å². The van der Waals surface area contributed by atoms with Gasteiger partial charge in [0.25, 0.3) is 0 Å². The van der Waals surface area contributed by atoms with Crippen LogP contribution in [0.25, 0.3) is 0 Å². The second-order valence-electron chi connectivity index (χ2n) is 8.67. The molecule has 9 nitrogen and oxygen atoms in total. The predicted molar refractivity (Wildman–Crippen MR) is 137 cm³/mol. The number of benzene rings is 1. The average Bonchev–Trinajstić information content (AvgIpc) is 2.85. The van der Waals surface area contributed by atoms with Gasteiger partial charge in [0.2, 0.25) is 5.95 Å². The Morgan fingerprint density at radius 1 is 1.16 bits per heavy atom. The largest absolute Gasteiger partial charge is 0.416 e. The number of pyridine rings is 1. The number of nitrogens with one attached hydrogen (secondary N) is 3. The van der Waals surface area contributed by atoms with E-state index in [0.29, 0.717) is 28.8 Å². The third-order valence-corrected chi connectivity index (χ3v) is 5.54. The minimum Gasteiger partial charge on any atom is -0.376 e. The molecule has 0 amide bonds. The van der Waals surface area contributed by atoms with Crippen molar-refractivity contribution < 1.29 is 17.9 Å². The van der Waals surface area contributed by atoms with E-state index in [2.05, 4.69) is 47.9 Å². The summed E-state index contributed by atoms with van der Waals surface area (Å²) in [5.74, 6) is 1.05. The average molecular weight is 515 g/mol. The molecule has 0 radical (unpaired) electrons. The molecular formula is C25H29F3N8O. The summed E-state index contributed by atoms with van der Waals surface area (Å²) in [4.78, 5) is 15.4. The van der Waals surface area contributed by atoms with Crippen LogP contribution in [0, 0.1) is 6.92 Å².